The SMILES string of the molecule is CN(C)c1nc(N)nc(C(C#N)=Cc2ccc(-c3ccccc3)s2)n1. The van der Waals surface area contributed by atoms with Crippen LogP contribution in [0.5, 0.6) is 0 Å². The van der Waals surface area contributed by atoms with Crippen molar-refractivity contribution in [2.75, 3.05) is 24.7 Å². The lowest BCUT2D eigenvalue weighted by molar-refractivity contribution is 0.952. The van der Waals surface area contributed by atoms with E-state index in [1.54, 1.807) is 36.4 Å². The van der Waals surface area contributed by atoms with Gasteiger partial charge >= 0.3 is 0 Å². The fourth-order valence-corrected chi connectivity index (χ4v) is 3.13. The minimum atomic E-state index is 0.0889. The average molecular weight is 348 g/mol. The highest BCUT2D eigenvalue weighted by atomic mass is 32.1. The van der Waals surface area contributed by atoms with Crippen LogP contribution in [0, 0.1) is 11.3 Å². The topological polar surface area (TPSA) is 91.7 Å². The summed E-state index contributed by atoms with van der Waals surface area (Å²) in [6.07, 6.45) is 1.77. The summed E-state index contributed by atoms with van der Waals surface area (Å²) in [5.41, 5.74) is 7.23. The number of anilines is 2. The van der Waals surface area contributed by atoms with Crippen LogP contribution in [0.2, 0.25) is 0 Å². The smallest absolute Gasteiger partial charge is 0.230 e. The van der Waals surface area contributed by atoms with Crippen LogP contribution in [0.1, 0.15) is 10.7 Å². The first-order valence-corrected chi connectivity index (χ1v) is 8.35. The van der Waals surface area contributed by atoms with Crippen LogP contribution in [0.4, 0.5) is 11.9 Å². The van der Waals surface area contributed by atoms with Crippen LogP contribution in [0.15, 0.2) is 42.5 Å². The summed E-state index contributed by atoms with van der Waals surface area (Å²) in [4.78, 5) is 16.2. The Morgan fingerprint density at radius 1 is 1.12 bits per heavy atom. The van der Waals surface area contributed by atoms with Crippen LogP contribution >= 0.6 is 11.3 Å². The fraction of sp³-hybridized carbons (Fsp3) is 0.111. The Hall–Kier alpha value is -3.24. The van der Waals surface area contributed by atoms with E-state index in [0.717, 1.165) is 15.3 Å². The third-order valence-corrected chi connectivity index (χ3v) is 4.46. The van der Waals surface area contributed by atoms with Gasteiger partial charge in [0.15, 0.2) is 5.82 Å². The molecular weight excluding hydrogens is 332 g/mol. The van der Waals surface area contributed by atoms with E-state index in [1.807, 2.05) is 30.3 Å². The Labute approximate surface area is 149 Å². The highest BCUT2D eigenvalue weighted by molar-refractivity contribution is 7.16. The van der Waals surface area contributed by atoms with Gasteiger partial charge in [-0.05, 0) is 23.8 Å². The summed E-state index contributed by atoms with van der Waals surface area (Å²) < 4.78 is 0. The molecule has 0 saturated carbocycles. The lowest BCUT2D eigenvalue weighted by atomic mass is 10.2. The molecule has 25 heavy (non-hydrogen) atoms. The van der Waals surface area contributed by atoms with Gasteiger partial charge in [-0.2, -0.15) is 20.2 Å². The Morgan fingerprint density at radius 2 is 1.88 bits per heavy atom. The zero-order chi connectivity index (χ0) is 17.8. The van der Waals surface area contributed by atoms with Gasteiger partial charge in [-0.1, -0.05) is 30.3 Å². The monoisotopic (exact) mass is 348 g/mol. The van der Waals surface area contributed by atoms with Crippen molar-refractivity contribution in [3.8, 4) is 16.5 Å². The van der Waals surface area contributed by atoms with Gasteiger partial charge in [0.05, 0.1) is 5.57 Å². The van der Waals surface area contributed by atoms with Crippen molar-refractivity contribution in [1.82, 2.24) is 15.0 Å². The normalized spacial score (nSPS) is 11.2. The minimum absolute atomic E-state index is 0.0889. The molecule has 0 bridgehead atoms. The molecule has 2 N–H and O–H groups in total. The van der Waals surface area contributed by atoms with E-state index in [-0.39, 0.29) is 11.8 Å². The van der Waals surface area contributed by atoms with E-state index in [2.05, 4.69) is 33.2 Å². The molecule has 0 atom stereocenters. The Bertz CT molecular complexity index is 953. The maximum Gasteiger partial charge on any atom is 0.230 e. The Balaban J connectivity index is 1.97. The molecule has 1 aromatic carbocycles. The predicted octanol–water partition coefficient (Wildman–Crippen LogP) is 3.31. The van der Waals surface area contributed by atoms with Crippen molar-refractivity contribution >= 4 is 34.9 Å². The van der Waals surface area contributed by atoms with Gasteiger partial charge in [-0.3, -0.25) is 0 Å². The number of thiophene rings is 1. The molecular formula is C18H16N6S. The van der Waals surface area contributed by atoms with Crippen LogP contribution in [-0.2, 0) is 0 Å². The van der Waals surface area contributed by atoms with Gasteiger partial charge in [0.25, 0.3) is 0 Å². The number of nitrogens with zero attached hydrogens (tertiary/aromatic N) is 5. The lowest BCUT2D eigenvalue weighted by Gasteiger charge is -2.10. The number of benzene rings is 1. The van der Waals surface area contributed by atoms with E-state index in [9.17, 15) is 5.26 Å². The van der Waals surface area contributed by atoms with Crippen molar-refractivity contribution in [2.24, 2.45) is 0 Å². The number of nitrogen functional groups attached to an aromatic ring is 1. The molecule has 2 aromatic heterocycles. The van der Waals surface area contributed by atoms with Crippen molar-refractivity contribution < 1.29 is 0 Å². The first-order valence-electron chi connectivity index (χ1n) is 7.53. The number of allylic oxidation sites excluding steroid dienone is 1. The molecule has 0 aliphatic heterocycles. The molecule has 0 aliphatic carbocycles. The Kier molecular flexibility index (Phi) is 4.73. The van der Waals surface area contributed by atoms with Crippen molar-refractivity contribution in [3.63, 3.8) is 0 Å². The largest absolute Gasteiger partial charge is 0.368 e. The first-order chi connectivity index (χ1) is 12.1. The second kappa shape index (κ2) is 7.11. The van der Waals surface area contributed by atoms with Crippen LogP contribution in [-0.4, -0.2) is 29.0 Å². The minimum Gasteiger partial charge on any atom is -0.368 e. The first kappa shape index (κ1) is 16.6. The van der Waals surface area contributed by atoms with E-state index < -0.39 is 0 Å². The zero-order valence-corrected chi connectivity index (χ0v) is 14.7. The molecule has 3 rings (SSSR count). The quantitative estimate of drug-likeness (QED) is 0.727. The molecule has 0 radical (unpaired) electrons. The molecule has 0 saturated heterocycles. The third-order valence-electron chi connectivity index (χ3n) is 3.37. The summed E-state index contributed by atoms with van der Waals surface area (Å²) >= 11 is 1.60. The lowest BCUT2D eigenvalue weighted by Crippen LogP contribution is -2.15. The maximum absolute atomic E-state index is 9.52. The fourth-order valence-electron chi connectivity index (χ4n) is 2.18. The zero-order valence-electron chi connectivity index (χ0n) is 13.8. The summed E-state index contributed by atoms with van der Waals surface area (Å²) in [5, 5.41) is 9.52. The van der Waals surface area contributed by atoms with E-state index in [1.165, 1.54) is 0 Å². The predicted molar refractivity (Wildman–Crippen MR) is 102 cm³/mol. The van der Waals surface area contributed by atoms with Crippen molar-refractivity contribution in [3.05, 3.63) is 53.2 Å². The third kappa shape index (κ3) is 3.82. The molecule has 0 aliphatic rings. The molecule has 0 fully saturated rings. The standard InChI is InChI=1S/C18H16N6S/c1-24(2)18-22-16(21-17(20)23-18)13(11-19)10-14-8-9-15(25-14)12-6-4-3-5-7-12/h3-10H,1-2H3,(H2,20,21,22,23). The molecule has 0 unspecified atom stereocenters. The van der Waals surface area contributed by atoms with Crippen LogP contribution < -0.4 is 10.6 Å². The highest BCUT2D eigenvalue weighted by Gasteiger charge is 2.11. The summed E-state index contributed by atoms with van der Waals surface area (Å²) in [6.45, 7) is 0. The summed E-state index contributed by atoms with van der Waals surface area (Å²) in [5.74, 6) is 0.777. The molecule has 0 amide bonds. The van der Waals surface area contributed by atoms with Gasteiger partial charge in [0, 0.05) is 23.8 Å². The maximum atomic E-state index is 9.52. The molecule has 7 heteroatoms. The highest BCUT2D eigenvalue weighted by Crippen LogP contribution is 2.30. The number of rotatable bonds is 4. The van der Waals surface area contributed by atoms with Gasteiger partial charge in [0.1, 0.15) is 6.07 Å². The number of aromatic nitrogens is 3. The van der Waals surface area contributed by atoms with Crippen LogP contribution in [0.25, 0.3) is 22.1 Å². The second-order valence-electron chi connectivity index (χ2n) is 5.45. The van der Waals surface area contributed by atoms with Crippen molar-refractivity contribution in [1.29, 1.82) is 5.26 Å². The molecule has 124 valence electrons. The van der Waals surface area contributed by atoms with Crippen molar-refractivity contribution in [2.45, 2.75) is 0 Å². The van der Waals surface area contributed by atoms with Gasteiger partial charge in [-0.15, -0.1) is 11.3 Å². The number of hydrogen-bond acceptors (Lipinski definition) is 7. The second-order valence-corrected chi connectivity index (χ2v) is 6.56. The van der Waals surface area contributed by atoms with E-state index in [4.69, 9.17) is 5.73 Å². The van der Waals surface area contributed by atoms with E-state index in [0.29, 0.717) is 11.5 Å². The summed E-state index contributed by atoms with van der Waals surface area (Å²) in [6, 6.07) is 16.3. The number of hydrogen-bond donors (Lipinski definition) is 1. The van der Waals surface area contributed by atoms with Gasteiger partial charge in [0.2, 0.25) is 11.9 Å². The van der Waals surface area contributed by atoms with Gasteiger partial charge < -0.3 is 10.6 Å². The molecule has 0 spiro atoms. The Morgan fingerprint density at radius 3 is 2.56 bits per heavy atom. The summed E-state index contributed by atoms with van der Waals surface area (Å²) in [7, 11) is 3.61. The molecule has 3 aromatic rings. The molecule has 6 nitrogen and oxygen atoms in total. The molecule has 2 heterocycles. The average Bonchev–Trinajstić information content (AvgIpc) is 3.08. The van der Waals surface area contributed by atoms with Crippen LogP contribution in [0.3, 0.4) is 0 Å². The van der Waals surface area contributed by atoms with E-state index >= 15 is 0 Å². The van der Waals surface area contributed by atoms with Gasteiger partial charge in [-0.25, -0.2) is 0 Å². The number of nitrogens with two attached hydrogens (primary N) is 1. The number of nitriles is 1.